The van der Waals surface area contributed by atoms with Gasteiger partial charge in [0.15, 0.2) is 0 Å². The topological polar surface area (TPSA) is 92.1 Å². The lowest BCUT2D eigenvalue weighted by atomic mass is 10.4. The fraction of sp³-hybridized carbons (Fsp3) is 0.0714. The van der Waals surface area contributed by atoms with Crippen LogP contribution in [0.1, 0.15) is 0 Å². The molecule has 2 rings (SSSR count). The van der Waals surface area contributed by atoms with E-state index in [1.54, 1.807) is 12.1 Å². The van der Waals surface area contributed by atoms with E-state index in [0.29, 0.717) is 0 Å². The SMILES string of the molecule is N#CC(S(=O)(=O)c1ccccc1)S(=O)(=O)c1ccccc1. The monoisotopic (exact) mass is 321 g/mol. The van der Waals surface area contributed by atoms with Gasteiger partial charge in [0, 0.05) is 0 Å². The minimum atomic E-state index is -4.31. The molecule has 0 aromatic heterocycles. The Morgan fingerprint density at radius 2 is 1.05 bits per heavy atom. The summed E-state index contributed by atoms with van der Waals surface area (Å²) < 4.78 is 47.4. The van der Waals surface area contributed by atoms with Gasteiger partial charge >= 0.3 is 0 Å². The third kappa shape index (κ3) is 2.82. The van der Waals surface area contributed by atoms with Crippen LogP contribution in [0.15, 0.2) is 70.5 Å². The molecule has 0 spiro atoms. The number of hydrogen-bond donors (Lipinski definition) is 0. The predicted octanol–water partition coefficient (Wildman–Crippen LogP) is 1.78. The molecule has 0 aliphatic carbocycles. The van der Waals surface area contributed by atoms with E-state index in [1.807, 2.05) is 0 Å². The van der Waals surface area contributed by atoms with Gasteiger partial charge in [-0.2, -0.15) is 5.26 Å². The van der Waals surface area contributed by atoms with E-state index in [4.69, 9.17) is 5.26 Å². The standard InChI is InChI=1S/C14H11NO4S2/c15-11-14(20(16,17)12-7-3-1-4-8-12)21(18,19)13-9-5-2-6-10-13/h1-10,14H. The number of benzene rings is 2. The van der Waals surface area contributed by atoms with Crippen molar-refractivity contribution in [1.82, 2.24) is 0 Å². The molecule has 0 fully saturated rings. The van der Waals surface area contributed by atoms with E-state index in [1.165, 1.54) is 54.6 Å². The van der Waals surface area contributed by atoms with Crippen molar-refractivity contribution in [2.24, 2.45) is 0 Å². The average molecular weight is 321 g/mol. The van der Waals surface area contributed by atoms with Crippen LogP contribution in [-0.4, -0.2) is 21.4 Å². The molecular formula is C14H11NO4S2. The Morgan fingerprint density at radius 1 is 0.714 bits per heavy atom. The quantitative estimate of drug-likeness (QED) is 0.856. The summed E-state index contributed by atoms with van der Waals surface area (Å²) in [7, 11) is -8.61. The minimum Gasteiger partial charge on any atom is -0.221 e. The van der Waals surface area contributed by atoms with E-state index < -0.39 is 24.3 Å². The zero-order valence-electron chi connectivity index (χ0n) is 10.7. The zero-order chi connectivity index (χ0) is 15.5. The van der Waals surface area contributed by atoms with Crippen LogP contribution < -0.4 is 0 Å². The lowest BCUT2D eigenvalue weighted by Crippen LogP contribution is -2.29. The summed E-state index contributed by atoms with van der Waals surface area (Å²) in [6, 6.07) is 15.5. The van der Waals surface area contributed by atoms with Crippen LogP contribution in [0, 0.1) is 11.3 Å². The molecule has 0 amide bonds. The smallest absolute Gasteiger partial charge is 0.221 e. The summed E-state index contributed by atoms with van der Waals surface area (Å²) in [5, 5.41) is 9.11. The van der Waals surface area contributed by atoms with Gasteiger partial charge < -0.3 is 0 Å². The first-order valence-electron chi connectivity index (χ1n) is 5.88. The van der Waals surface area contributed by atoms with Crippen LogP contribution >= 0.6 is 0 Å². The van der Waals surface area contributed by atoms with Gasteiger partial charge in [-0.3, -0.25) is 0 Å². The van der Waals surface area contributed by atoms with Crippen molar-refractivity contribution in [3.63, 3.8) is 0 Å². The highest BCUT2D eigenvalue weighted by Crippen LogP contribution is 2.24. The summed E-state index contributed by atoms with van der Waals surface area (Å²) in [6.07, 6.45) is 0. The molecule has 0 unspecified atom stereocenters. The molecule has 0 aliphatic heterocycles. The number of hydrogen-bond acceptors (Lipinski definition) is 5. The second-order valence-electron chi connectivity index (χ2n) is 4.18. The Morgan fingerprint density at radius 3 is 1.33 bits per heavy atom. The average Bonchev–Trinajstić information content (AvgIpc) is 2.49. The second-order valence-corrected chi connectivity index (χ2v) is 8.54. The van der Waals surface area contributed by atoms with Gasteiger partial charge in [0.2, 0.25) is 19.7 Å². The van der Waals surface area contributed by atoms with E-state index in [2.05, 4.69) is 0 Å². The summed E-state index contributed by atoms with van der Waals surface area (Å²) in [5.41, 5.74) is 0. The highest BCUT2D eigenvalue weighted by atomic mass is 32.3. The molecule has 2 aromatic rings. The Labute approximate surface area is 123 Å². The predicted molar refractivity (Wildman–Crippen MR) is 76.7 cm³/mol. The molecule has 0 heterocycles. The fourth-order valence-electron chi connectivity index (χ4n) is 1.77. The number of sulfone groups is 2. The van der Waals surface area contributed by atoms with Crippen molar-refractivity contribution in [2.75, 3.05) is 0 Å². The lowest BCUT2D eigenvalue weighted by Gasteiger charge is -2.12. The van der Waals surface area contributed by atoms with E-state index in [-0.39, 0.29) is 9.79 Å². The summed E-state index contributed by atoms with van der Waals surface area (Å²) >= 11 is 0. The molecule has 2 aromatic carbocycles. The maximum absolute atomic E-state index is 12.4. The fourth-order valence-corrected chi connectivity index (χ4v) is 5.62. The molecule has 0 N–H and O–H groups in total. The Hall–Kier alpha value is -2.17. The Bertz CT molecular complexity index is 798. The molecule has 5 nitrogen and oxygen atoms in total. The number of nitriles is 1. The van der Waals surface area contributed by atoms with Gasteiger partial charge in [0.25, 0.3) is 4.58 Å². The van der Waals surface area contributed by atoms with Gasteiger partial charge in [-0.1, -0.05) is 36.4 Å². The number of nitrogens with zero attached hydrogens (tertiary/aromatic N) is 1. The molecular weight excluding hydrogens is 310 g/mol. The zero-order valence-corrected chi connectivity index (χ0v) is 12.4. The van der Waals surface area contributed by atoms with Gasteiger partial charge in [-0.15, -0.1) is 0 Å². The van der Waals surface area contributed by atoms with Crippen LogP contribution in [0.25, 0.3) is 0 Å². The molecule has 0 bridgehead atoms. The van der Waals surface area contributed by atoms with Gasteiger partial charge in [0.05, 0.1) is 15.9 Å². The van der Waals surface area contributed by atoms with Crippen molar-refractivity contribution in [2.45, 2.75) is 14.4 Å². The maximum atomic E-state index is 12.4. The molecule has 0 aliphatic rings. The third-order valence-electron chi connectivity index (χ3n) is 2.81. The molecule has 7 heteroatoms. The lowest BCUT2D eigenvalue weighted by molar-refractivity contribution is 0.582. The van der Waals surface area contributed by atoms with E-state index in [0.717, 1.165) is 0 Å². The van der Waals surface area contributed by atoms with Gasteiger partial charge in [-0.25, -0.2) is 16.8 Å². The summed E-state index contributed by atoms with van der Waals surface area (Å²) in [5.74, 6) is 0. The largest absolute Gasteiger partial charge is 0.256 e. The summed E-state index contributed by atoms with van der Waals surface area (Å²) in [4.78, 5) is -0.396. The normalized spacial score (nSPS) is 12.0. The molecule has 21 heavy (non-hydrogen) atoms. The number of rotatable bonds is 4. The van der Waals surface area contributed by atoms with Crippen molar-refractivity contribution in [3.8, 4) is 6.07 Å². The van der Waals surface area contributed by atoms with Crippen LogP contribution in [0.5, 0.6) is 0 Å². The first-order chi connectivity index (χ1) is 9.90. The van der Waals surface area contributed by atoms with Crippen molar-refractivity contribution >= 4 is 19.7 Å². The van der Waals surface area contributed by atoms with Crippen LogP contribution in [0.3, 0.4) is 0 Å². The Balaban J connectivity index is 2.59. The Kier molecular flexibility index (Phi) is 4.11. The van der Waals surface area contributed by atoms with E-state index >= 15 is 0 Å². The maximum Gasteiger partial charge on any atom is 0.256 e. The minimum absolute atomic E-state index is 0.198. The first-order valence-corrected chi connectivity index (χ1v) is 8.97. The first kappa shape index (κ1) is 15.2. The van der Waals surface area contributed by atoms with Crippen molar-refractivity contribution < 1.29 is 16.8 Å². The molecule has 108 valence electrons. The third-order valence-corrected chi connectivity index (χ3v) is 7.53. The van der Waals surface area contributed by atoms with Gasteiger partial charge in [0.1, 0.15) is 0 Å². The molecule has 0 atom stereocenters. The van der Waals surface area contributed by atoms with Crippen LogP contribution in [-0.2, 0) is 19.7 Å². The van der Waals surface area contributed by atoms with E-state index in [9.17, 15) is 16.8 Å². The highest BCUT2D eigenvalue weighted by molar-refractivity contribution is 8.09. The van der Waals surface area contributed by atoms with Crippen molar-refractivity contribution in [3.05, 3.63) is 60.7 Å². The summed E-state index contributed by atoms with van der Waals surface area (Å²) in [6.45, 7) is 0. The highest BCUT2D eigenvalue weighted by Gasteiger charge is 2.40. The second kappa shape index (κ2) is 5.68. The molecule has 0 saturated carbocycles. The van der Waals surface area contributed by atoms with Crippen LogP contribution in [0.4, 0.5) is 0 Å². The van der Waals surface area contributed by atoms with Crippen molar-refractivity contribution in [1.29, 1.82) is 5.26 Å². The molecule has 0 radical (unpaired) electrons. The molecule has 0 saturated heterocycles. The van der Waals surface area contributed by atoms with Crippen LogP contribution in [0.2, 0.25) is 0 Å². The van der Waals surface area contributed by atoms with Gasteiger partial charge in [-0.05, 0) is 24.3 Å².